The lowest BCUT2D eigenvalue weighted by molar-refractivity contribution is 0.0472. The molecule has 0 spiro atoms. The zero-order valence-electron chi connectivity index (χ0n) is 13.2. The van der Waals surface area contributed by atoms with E-state index in [0.717, 1.165) is 15.4 Å². The molecule has 0 aliphatic carbocycles. The van der Waals surface area contributed by atoms with Gasteiger partial charge in [0.05, 0.1) is 16.7 Å². The smallest absolute Gasteiger partial charge is 0.338 e. The largest absolute Gasteiger partial charge is 0.457 e. The molecule has 2 amide bonds. The molecular weight excluding hydrogens is 326 g/mol. The Kier molecular flexibility index (Phi) is 4.40. The van der Waals surface area contributed by atoms with Crippen molar-refractivity contribution in [2.75, 3.05) is 13.3 Å². The van der Waals surface area contributed by atoms with Gasteiger partial charge in [0.25, 0.3) is 11.8 Å². The monoisotopic (exact) mass is 341 g/mol. The summed E-state index contributed by atoms with van der Waals surface area (Å²) in [5.74, 6) is -1.29. The molecule has 0 N–H and O–H groups in total. The van der Waals surface area contributed by atoms with Gasteiger partial charge in [0.15, 0.2) is 0 Å². The SMILES string of the molecule is CSc1ccc(COC(=O)c2ccc3c(c2)C(=O)N(C)C3=O)cc1. The first-order valence-electron chi connectivity index (χ1n) is 7.27. The fourth-order valence-corrected chi connectivity index (χ4v) is 2.85. The first kappa shape index (κ1) is 16.3. The Morgan fingerprint density at radius 2 is 1.71 bits per heavy atom. The van der Waals surface area contributed by atoms with E-state index in [2.05, 4.69) is 0 Å². The Balaban J connectivity index is 1.72. The number of nitrogens with zero attached hydrogens (tertiary/aromatic N) is 1. The summed E-state index contributed by atoms with van der Waals surface area (Å²) in [4.78, 5) is 38.2. The van der Waals surface area contributed by atoms with Gasteiger partial charge in [-0.25, -0.2) is 4.79 Å². The van der Waals surface area contributed by atoms with Crippen LogP contribution in [-0.2, 0) is 11.3 Å². The molecule has 24 heavy (non-hydrogen) atoms. The molecule has 0 saturated carbocycles. The van der Waals surface area contributed by atoms with Gasteiger partial charge in [-0.1, -0.05) is 12.1 Å². The van der Waals surface area contributed by atoms with Crippen LogP contribution in [0.1, 0.15) is 36.6 Å². The van der Waals surface area contributed by atoms with E-state index >= 15 is 0 Å². The Labute approximate surface area is 143 Å². The average molecular weight is 341 g/mol. The van der Waals surface area contributed by atoms with Crippen LogP contribution in [0.5, 0.6) is 0 Å². The Hall–Kier alpha value is -2.60. The summed E-state index contributed by atoms with van der Waals surface area (Å²) in [5, 5.41) is 0. The standard InChI is InChI=1S/C18H15NO4S/c1-19-16(20)14-8-5-12(9-15(14)17(19)21)18(22)23-10-11-3-6-13(24-2)7-4-11/h3-9H,10H2,1-2H3. The van der Waals surface area contributed by atoms with Crippen molar-refractivity contribution < 1.29 is 19.1 Å². The fourth-order valence-electron chi connectivity index (χ4n) is 2.44. The molecule has 1 heterocycles. The van der Waals surface area contributed by atoms with Gasteiger partial charge in [0.2, 0.25) is 0 Å². The molecule has 1 aliphatic heterocycles. The third kappa shape index (κ3) is 2.92. The molecule has 6 heteroatoms. The predicted octanol–water partition coefficient (Wildman–Crippen LogP) is 2.99. The second-order valence-corrected chi connectivity index (χ2v) is 6.23. The third-order valence-electron chi connectivity index (χ3n) is 3.85. The van der Waals surface area contributed by atoms with E-state index in [0.29, 0.717) is 5.56 Å². The summed E-state index contributed by atoms with van der Waals surface area (Å²) in [5.41, 5.74) is 1.69. The summed E-state index contributed by atoms with van der Waals surface area (Å²) in [6.45, 7) is 0.150. The zero-order chi connectivity index (χ0) is 17.3. The van der Waals surface area contributed by atoms with E-state index in [-0.39, 0.29) is 23.6 Å². The van der Waals surface area contributed by atoms with E-state index in [4.69, 9.17) is 4.74 Å². The number of imide groups is 1. The number of hydrogen-bond acceptors (Lipinski definition) is 5. The van der Waals surface area contributed by atoms with Crippen molar-refractivity contribution in [2.45, 2.75) is 11.5 Å². The number of carbonyl (C=O) groups excluding carboxylic acids is 3. The van der Waals surface area contributed by atoms with Gasteiger partial charge in [-0.3, -0.25) is 14.5 Å². The van der Waals surface area contributed by atoms with Crippen molar-refractivity contribution in [2.24, 2.45) is 0 Å². The first-order valence-corrected chi connectivity index (χ1v) is 8.50. The molecule has 2 aromatic carbocycles. The summed E-state index contributed by atoms with van der Waals surface area (Å²) in [6, 6.07) is 12.1. The number of esters is 1. The van der Waals surface area contributed by atoms with Crippen LogP contribution in [0.3, 0.4) is 0 Å². The Morgan fingerprint density at radius 3 is 2.38 bits per heavy atom. The van der Waals surface area contributed by atoms with Crippen molar-refractivity contribution in [3.05, 3.63) is 64.7 Å². The molecule has 0 saturated heterocycles. The van der Waals surface area contributed by atoms with Crippen molar-refractivity contribution in [1.29, 1.82) is 0 Å². The molecule has 3 rings (SSSR count). The molecule has 0 unspecified atom stereocenters. The zero-order valence-corrected chi connectivity index (χ0v) is 14.1. The van der Waals surface area contributed by atoms with Crippen LogP contribution in [0.15, 0.2) is 47.4 Å². The number of amides is 2. The maximum absolute atomic E-state index is 12.2. The molecule has 122 valence electrons. The molecule has 0 bridgehead atoms. The molecule has 5 nitrogen and oxygen atoms in total. The normalized spacial score (nSPS) is 13.2. The van der Waals surface area contributed by atoms with Gasteiger partial charge in [-0.15, -0.1) is 11.8 Å². The summed E-state index contributed by atoms with van der Waals surface area (Å²) < 4.78 is 5.28. The lowest BCUT2D eigenvalue weighted by atomic mass is 10.1. The number of benzene rings is 2. The van der Waals surface area contributed by atoms with Gasteiger partial charge in [0, 0.05) is 11.9 Å². The Bertz CT molecular complexity index is 829. The van der Waals surface area contributed by atoms with Crippen LogP contribution in [0.25, 0.3) is 0 Å². The van der Waals surface area contributed by atoms with Crippen molar-refractivity contribution in [1.82, 2.24) is 4.90 Å². The van der Waals surface area contributed by atoms with Gasteiger partial charge < -0.3 is 4.74 Å². The van der Waals surface area contributed by atoms with Crippen LogP contribution in [0, 0.1) is 0 Å². The molecule has 2 aromatic rings. The van der Waals surface area contributed by atoms with Gasteiger partial charge >= 0.3 is 5.97 Å². The topological polar surface area (TPSA) is 63.7 Å². The highest BCUT2D eigenvalue weighted by atomic mass is 32.2. The number of thioether (sulfide) groups is 1. The number of rotatable bonds is 4. The summed E-state index contributed by atoms with van der Waals surface area (Å²) in [6.07, 6.45) is 1.99. The quantitative estimate of drug-likeness (QED) is 0.486. The predicted molar refractivity (Wildman–Crippen MR) is 90.2 cm³/mol. The maximum Gasteiger partial charge on any atom is 0.338 e. The van der Waals surface area contributed by atoms with E-state index < -0.39 is 11.9 Å². The van der Waals surface area contributed by atoms with Crippen LogP contribution in [0.4, 0.5) is 0 Å². The molecular formula is C18H15NO4S. The maximum atomic E-state index is 12.2. The number of ether oxygens (including phenoxy) is 1. The summed E-state index contributed by atoms with van der Waals surface area (Å²) >= 11 is 1.64. The highest BCUT2D eigenvalue weighted by molar-refractivity contribution is 7.98. The van der Waals surface area contributed by atoms with E-state index in [1.165, 1.54) is 25.2 Å². The second kappa shape index (κ2) is 6.49. The van der Waals surface area contributed by atoms with E-state index in [1.54, 1.807) is 11.8 Å². The van der Waals surface area contributed by atoms with Crippen LogP contribution >= 0.6 is 11.8 Å². The van der Waals surface area contributed by atoms with E-state index in [9.17, 15) is 14.4 Å². The molecule has 0 aromatic heterocycles. The minimum Gasteiger partial charge on any atom is -0.457 e. The highest BCUT2D eigenvalue weighted by Gasteiger charge is 2.33. The molecule has 0 atom stereocenters. The van der Waals surface area contributed by atoms with Gasteiger partial charge in [0.1, 0.15) is 6.61 Å². The lowest BCUT2D eigenvalue weighted by Gasteiger charge is -2.06. The minimum atomic E-state index is -0.526. The Morgan fingerprint density at radius 1 is 1.04 bits per heavy atom. The third-order valence-corrected chi connectivity index (χ3v) is 4.60. The van der Waals surface area contributed by atoms with Crippen molar-refractivity contribution in [3.8, 4) is 0 Å². The summed E-state index contributed by atoms with van der Waals surface area (Å²) in [7, 11) is 1.42. The second-order valence-electron chi connectivity index (χ2n) is 5.35. The van der Waals surface area contributed by atoms with E-state index in [1.807, 2.05) is 30.5 Å². The fraction of sp³-hybridized carbons (Fsp3) is 0.167. The van der Waals surface area contributed by atoms with Gasteiger partial charge in [-0.05, 0) is 42.2 Å². The number of fused-ring (bicyclic) bond motifs is 1. The first-order chi connectivity index (χ1) is 11.5. The highest BCUT2D eigenvalue weighted by Crippen LogP contribution is 2.23. The van der Waals surface area contributed by atoms with Gasteiger partial charge in [-0.2, -0.15) is 0 Å². The van der Waals surface area contributed by atoms with Crippen molar-refractivity contribution in [3.63, 3.8) is 0 Å². The molecule has 0 fully saturated rings. The lowest BCUT2D eigenvalue weighted by Crippen LogP contribution is -2.24. The van der Waals surface area contributed by atoms with Crippen LogP contribution in [0.2, 0.25) is 0 Å². The average Bonchev–Trinajstić information content (AvgIpc) is 2.84. The molecule has 1 aliphatic rings. The van der Waals surface area contributed by atoms with Crippen molar-refractivity contribution >= 4 is 29.5 Å². The van der Waals surface area contributed by atoms with Crippen LogP contribution < -0.4 is 0 Å². The minimum absolute atomic E-state index is 0.150. The van der Waals surface area contributed by atoms with Crippen LogP contribution in [-0.4, -0.2) is 36.0 Å². The molecule has 0 radical (unpaired) electrons. The number of hydrogen-bond donors (Lipinski definition) is 0. The number of carbonyl (C=O) groups is 3.